The van der Waals surface area contributed by atoms with Crippen molar-refractivity contribution in [3.8, 4) is 0 Å². The van der Waals surface area contributed by atoms with Crippen LogP contribution in [0.2, 0.25) is 0 Å². The maximum absolute atomic E-state index is 13.6. The zero-order valence-corrected chi connectivity index (χ0v) is 14.1. The molecule has 0 fully saturated rings. The summed E-state index contributed by atoms with van der Waals surface area (Å²) in [6.07, 6.45) is 3.51. The Morgan fingerprint density at radius 2 is 1.88 bits per heavy atom. The van der Waals surface area contributed by atoms with Gasteiger partial charge < -0.3 is 4.57 Å². The van der Waals surface area contributed by atoms with Crippen LogP contribution in [0.5, 0.6) is 0 Å². The van der Waals surface area contributed by atoms with Gasteiger partial charge in [-0.3, -0.25) is 0 Å². The molecule has 1 aromatic heterocycles. The van der Waals surface area contributed by atoms with E-state index < -0.39 is 15.8 Å². The minimum Gasteiger partial charge on any atom is -0.332 e. The molecule has 25 heavy (non-hydrogen) atoms. The number of hydrogen-bond acceptors (Lipinski definition) is 3. The van der Waals surface area contributed by atoms with Crippen LogP contribution in [-0.4, -0.2) is 22.3 Å². The minimum absolute atomic E-state index is 0.0477. The first-order chi connectivity index (χ1) is 12.1. The van der Waals surface area contributed by atoms with Crippen molar-refractivity contribution < 1.29 is 12.8 Å². The van der Waals surface area contributed by atoms with Gasteiger partial charge >= 0.3 is 0 Å². The Morgan fingerprint density at radius 3 is 2.64 bits per heavy atom. The van der Waals surface area contributed by atoms with Crippen LogP contribution >= 0.6 is 0 Å². The highest BCUT2D eigenvalue weighted by molar-refractivity contribution is 7.89. The summed E-state index contributed by atoms with van der Waals surface area (Å²) in [5, 5.41) is 0. The monoisotopic (exact) mass is 357 g/mol. The molecule has 1 aliphatic heterocycles. The van der Waals surface area contributed by atoms with Crippen molar-refractivity contribution >= 4 is 10.0 Å². The van der Waals surface area contributed by atoms with Crippen LogP contribution in [0.4, 0.5) is 4.39 Å². The topological polar surface area (TPSA) is 55.2 Å². The fourth-order valence-electron chi connectivity index (χ4n) is 3.15. The van der Waals surface area contributed by atoms with E-state index in [0.717, 1.165) is 11.6 Å². The quantitative estimate of drug-likeness (QED) is 0.724. The summed E-state index contributed by atoms with van der Waals surface area (Å²) in [5.41, 5.74) is 0.891. The predicted molar refractivity (Wildman–Crippen MR) is 90.5 cm³/mol. The van der Waals surface area contributed by atoms with E-state index in [0.29, 0.717) is 12.4 Å². The second kappa shape index (κ2) is 6.09. The van der Waals surface area contributed by atoms with Gasteiger partial charge in [0.1, 0.15) is 11.6 Å². The third kappa shape index (κ3) is 2.85. The summed E-state index contributed by atoms with van der Waals surface area (Å²) in [5.74, 6) is 0.100. The number of halogens is 1. The molecule has 0 saturated heterocycles. The Hall–Kier alpha value is -2.51. The van der Waals surface area contributed by atoms with Crippen molar-refractivity contribution in [1.82, 2.24) is 13.9 Å². The molecular weight excluding hydrogens is 341 g/mol. The molecule has 5 nitrogen and oxygen atoms in total. The lowest BCUT2D eigenvalue weighted by molar-refractivity contribution is 0.243. The van der Waals surface area contributed by atoms with E-state index in [1.54, 1.807) is 6.20 Å². The summed E-state index contributed by atoms with van der Waals surface area (Å²) in [7, 11) is -3.86. The molecule has 0 N–H and O–H groups in total. The highest BCUT2D eigenvalue weighted by atomic mass is 32.2. The molecule has 128 valence electrons. The van der Waals surface area contributed by atoms with Gasteiger partial charge in [-0.25, -0.2) is 17.8 Å². The van der Waals surface area contributed by atoms with Crippen LogP contribution in [0.15, 0.2) is 71.9 Å². The third-order valence-corrected chi connectivity index (χ3v) is 6.25. The van der Waals surface area contributed by atoms with Gasteiger partial charge in [0.15, 0.2) is 0 Å². The smallest absolute Gasteiger partial charge is 0.244 e. The number of hydrogen-bond donors (Lipinski definition) is 0. The first-order valence-electron chi connectivity index (χ1n) is 7.88. The van der Waals surface area contributed by atoms with E-state index >= 15 is 0 Å². The lowest BCUT2D eigenvalue weighted by Crippen LogP contribution is -2.41. The summed E-state index contributed by atoms with van der Waals surface area (Å²) in [6, 6.07) is 14.2. The average Bonchev–Trinajstić information content (AvgIpc) is 3.09. The molecule has 0 aliphatic carbocycles. The number of sulfonamides is 1. The van der Waals surface area contributed by atoms with E-state index in [2.05, 4.69) is 4.98 Å². The van der Waals surface area contributed by atoms with E-state index in [1.807, 2.05) is 41.1 Å². The maximum Gasteiger partial charge on any atom is 0.244 e. The van der Waals surface area contributed by atoms with Crippen LogP contribution in [0, 0.1) is 5.82 Å². The Balaban J connectivity index is 1.82. The zero-order chi connectivity index (χ0) is 17.4. The SMILES string of the molecule is O=S(=O)(c1cccc(F)c1)N1Cc2nccn2C[C@@H]1c1ccccc1. The van der Waals surface area contributed by atoms with Gasteiger partial charge in [-0.05, 0) is 23.8 Å². The van der Waals surface area contributed by atoms with Crippen LogP contribution in [-0.2, 0) is 23.1 Å². The normalized spacial score (nSPS) is 18.0. The van der Waals surface area contributed by atoms with Gasteiger partial charge in [-0.2, -0.15) is 4.31 Å². The summed E-state index contributed by atoms with van der Waals surface area (Å²) in [6.45, 7) is 0.610. The fraction of sp³-hybridized carbons (Fsp3) is 0.167. The third-order valence-electron chi connectivity index (χ3n) is 4.40. The number of rotatable bonds is 3. The van der Waals surface area contributed by atoms with Crippen LogP contribution in [0.3, 0.4) is 0 Å². The first-order valence-corrected chi connectivity index (χ1v) is 9.32. The first kappa shape index (κ1) is 16.0. The number of nitrogens with zero attached hydrogens (tertiary/aromatic N) is 3. The number of fused-ring (bicyclic) bond motifs is 1. The second-order valence-corrected chi connectivity index (χ2v) is 7.82. The summed E-state index contributed by atoms with van der Waals surface area (Å²) >= 11 is 0. The van der Waals surface area contributed by atoms with Gasteiger partial charge in [-0.15, -0.1) is 0 Å². The molecule has 2 heterocycles. The minimum atomic E-state index is -3.86. The Morgan fingerprint density at radius 1 is 1.08 bits per heavy atom. The molecule has 2 aromatic carbocycles. The van der Waals surface area contributed by atoms with Crippen molar-refractivity contribution in [2.24, 2.45) is 0 Å². The molecule has 1 atom stereocenters. The molecule has 0 bridgehead atoms. The van der Waals surface area contributed by atoms with E-state index in [1.165, 1.54) is 22.5 Å². The van der Waals surface area contributed by atoms with Crippen LogP contribution in [0.1, 0.15) is 17.4 Å². The number of benzene rings is 2. The molecule has 0 spiro atoms. The van der Waals surface area contributed by atoms with Gasteiger partial charge in [0, 0.05) is 18.9 Å². The molecule has 0 radical (unpaired) electrons. The number of aromatic nitrogens is 2. The summed E-state index contributed by atoms with van der Waals surface area (Å²) in [4.78, 5) is 4.19. The van der Waals surface area contributed by atoms with Gasteiger partial charge in [0.25, 0.3) is 0 Å². The van der Waals surface area contributed by atoms with E-state index in [-0.39, 0.29) is 17.5 Å². The molecule has 0 amide bonds. The molecule has 7 heteroatoms. The molecular formula is C18H16FN3O2S. The zero-order valence-electron chi connectivity index (χ0n) is 13.3. The molecule has 4 rings (SSSR count). The molecule has 0 unspecified atom stereocenters. The lowest BCUT2D eigenvalue weighted by atomic mass is 10.1. The van der Waals surface area contributed by atoms with Gasteiger partial charge in [0.2, 0.25) is 10.0 Å². The van der Waals surface area contributed by atoms with Gasteiger partial charge in [-0.1, -0.05) is 36.4 Å². The van der Waals surface area contributed by atoms with Crippen molar-refractivity contribution in [3.05, 3.63) is 84.2 Å². The van der Waals surface area contributed by atoms with Crippen LogP contribution in [0.25, 0.3) is 0 Å². The fourth-order valence-corrected chi connectivity index (χ4v) is 4.74. The molecule has 3 aromatic rings. The highest BCUT2D eigenvalue weighted by Gasteiger charge is 2.37. The standard InChI is InChI=1S/C18H16FN3O2S/c19-15-7-4-8-16(11-15)25(23,24)22-13-18-20-9-10-21(18)12-17(22)14-5-2-1-3-6-14/h1-11,17H,12-13H2/t17-/m1/s1. The second-order valence-electron chi connectivity index (χ2n) is 5.93. The number of imidazole rings is 1. The summed E-state index contributed by atoms with van der Waals surface area (Å²) < 4.78 is 43.3. The lowest BCUT2D eigenvalue weighted by Gasteiger charge is -2.35. The van der Waals surface area contributed by atoms with Gasteiger partial charge in [0.05, 0.1) is 17.5 Å². The van der Waals surface area contributed by atoms with Crippen molar-refractivity contribution in [1.29, 1.82) is 0 Å². The van der Waals surface area contributed by atoms with E-state index in [9.17, 15) is 12.8 Å². The molecule has 1 aliphatic rings. The Kier molecular flexibility index (Phi) is 3.89. The largest absolute Gasteiger partial charge is 0.332 e. The van der Waals surface area contributed by atoms with Crippen molar-refractivity contribution in [2.75, 3.05) is 0 Å². The average molecular weight is 357 g/mol. The Labute approximate surface area is 145 Å². The van der Waals surface area contributed by atoms with Crippen molar-refractivity contribution in [3.63, 3.8) is 0 Å². The maximum atomic E-state index is 13.6. The molecule has 0 saturated carbocycles. The van der Waals surface area contributed by atoms with Crippen LogP contribution < -0.4 is 0 Å². The van der Waals surface area contributed by atoms with Crippen molar-refractivity contribution in [2.45, 2.75) is 24.0 Å². The highest BCUT2D eigenvalue weighted by Crippen LogP contribution is 2.34. The predicted octanol–water partition coefficient (Wildman–Crippen LogP) is 2.97. The van der Waals surface area contributed by atoms with E-state index in [4.69, 9.17) is 0 Å². The Bertz CT molecular complexity index is 1000.